The smallest absolute Gasteiger partial charge is 0.341 e. The molecule has 86 valence electrons. The quantitative estimate of drug-likeness (QED) is 0.811. The van der Waals surface area contributed by atoms with Gasteiger partial charge in [-0.25, -0.2) is 14.8 Å². The number of carboxylic acid groups (broad SMARTS) is 1. The van der Waals surface area contributed by atoms with E-state index in [9.17, 15) is 4.79 Å². The molecule has 0 saturated heterocycles. The molecule has 1 saturated carbocycles. The maximum Gasteiger partial charge on any atom is 0.341 e. The molecule has 2 rings (SSSR count). The zero-order valence-electron chi connectivity index (χ0n) is 9.40. The number of nitrogens with one attached hydrogen (secondary N) is 1. The lowest BCUT2D eigenvalue weighted by Gasteiger charge is -2.12. The van der Waals surface area contributed by atoms with Crippen molar-refractivity contribution in [3.63, 3.8) is 0 Å². The first-order chi connectivity index (χ1) is 7.58. The molecule has 1 aromatic heterocycles. The largest absolute Gasteiger partial charge is 0.477 e. The molecule has 0 unspecified atom stereocenters. The molecule has 2 N–H and O–H groups in total. The monoisotopic (exact) mass is 221 g/mol. The average molecular weight is 221 g/mol. The van der Waals surface area contributed by atoms with Crippen LogP contribution in [0.1, 0.15) is 48.8 Å². The van der Waals surface area contributed by atoms with Crippen LogP contribution in [-0.2, 0) is 0 Å². The molecule has 1 fully saturated rings. The summed E-state index contributed by atoms with van der Waals surface area (Å²) in [6.45, 7) is 3.90. The van der Waals surface area contributed by atoms with Gasteiger partial charge in [-0.05, 0) is 26.7 Å². The second kappa shape index (κ2) is 4.08. The second-order valence-electron chi connectivity index (χ2n) is 4.37. The first kappa shape index (κ1) is 10.9. The van der Waals surface area contributed by atoms with Crippen molar-refractivity contribution < 1.29 is 9.90 Å². The molecule has 5 heteroatoms. The van der Waals surface area contributed by atoms with Crippen molar-refractivity contribution in [3.05, 3.63) is 17.6 Å². The van der Waals surface area contributed by atoms with Crippen molar-refractivity contribution in [1.82, 2.24) is 9.97 Å². The summed E-state index contributed by atoms with van der Waals surface area (Å²) >= 11 is 0. The SMILES string of the molecule is CC(C)Nc1nc(C2CC2)ncc1C(=O)O. The fraction of sp³-hybridized carbons (Fsp3) is 0.545. The van der Waals surface area contributed by atoms with E-state index in [0.29, 0.717) is 11.7 Å². The highest BCUT2D eigenvalue weighted by atomic mass is 16.4. The van der Waals surface area contributed by atoms with Gasteiger partial charge in [0.25, 0.3) is 0 Å². The number of hydrogen-bond acceptors (Lipinski definition) is 4. The van der Waals surface area contributed by atoms with Gasteiger partial charge in [-0.3, -0.25) is 0 Å². The first-order valence-corrected chi connectivity index (χ1v) is 5.44. The minimum Gasteiger partial charge on any atom is -0.477 e. The number of aromatic carboxylic acids is 1. The predicted octanol–water partition coefficient (Wildman–Crippen LogP) is 1.87. The summed E-state index contributed by atoms with van der Waals surface area (Å²) in [5, 5.41) is 12.0. The minimum absolute atomic E-state index is 0.137. The summed E-state index contributed by atoms with van der Waals surface area (Å²) < 4.78 is 0. The van der Waals surface area contributed by atoms with E-state index in [2.05, 4.69) is 15.3 Å². The Morgan fingerprint density at radius 2 is 2.25 bits per heavy atom. The Morgan fingerprint density at radius 1 is 1.56 bits per heavy atom. The Bertz CT molecular complexity index is 414. The van der Waals surface area contributed by atoms with Crippen LogP contribution in [0, 0.1) is 0 Å². The molecule has 0 amide bonds. The number of rotatable bonds is 4. The molecular weight excluding hydrogens is 206 g/mol. The van der Waals surface area contributed by atoms with Gasteiger partial charge in [0.15, 0.2) is 0 Å². The molecule has 1 aromatic rings. The summed E-state index contributed by atoms with van der Waals surface area (Å²) in [5.41, 5.74) is 0.137. The molecule has 0 bridgehead atoms. The number of carbonyl (C=O) groups is 1. The summed E-state index contributed by atoms with van der Waals surface area (Å²) in [5.74, 6) is 0.619. The van der Waals surface area contributed by atoms with Crippen molar-refractivity contribution >= 4 is 11.8 Å². The van der Waals surface area contributed by atoms with Crippen molar-refractivity contribution in [2.24, 2.45) is 0 Å². The summed E-state index contributed by atoms with van der Waals surface area (Å²) in [6.07, 6.45) is 3.61. The van der Waals surface area contributed by atoms with Crippen LogP contribution in [-0.4, -0.2) is 27.1 Å². The van der Waals surface area contributed by atoms with Gasteiger partial charge in [0, 0.05) is 18.2 Å². The molecule has 0 aromatic carbocycles. The zero-order valence-corrected chi connectivity index (χ0v) is 9.40. The third-order valence-corrected chi connectivity index (χ3v) is 2.41. The van der Waals surface area contributed by atoms with Crippen molar-refractivity contribution in [3.8, 4) is 0 Å². The fourth-order valence-electron chi connectivity index (χ4n) is 1.47. The Labute approximate surface area is 93.9 Å². The number of hydrogen-bond donors (Lipinski definition) is 2. The standard InChI is InChI=1S/C11H15N3O2/c1-6(2)13-10-8(11(15)16)5-12-9(14-10)7-3-4-7/h5-7H,3-4H2,1-2H3,(H,15,16)(H,12,13,14). The van der Waals surface area contributed by atoms with Crippen LogP contribution in [0.3, 0.4) is 0 Å². The Morgan fingerprint density at radius 3 is 2.75 bits per heavy atom. The van der Waals surface area contributed by atoms with Crippen LogP contribution in [0.4, 0.5) is 5.82 Å². The first-order valence-electron chi connectivity index (χ1n) is 5.44. The van der Waals surface area contributed by atoms with Gasteiger partial charge >= 0.3 is 5.97 Å². The Kier molecular flexibility index (Phi) is 2.77. The zero-order chi connectivity index (χ0) is 11.7. The lowest BCUT2D eigenvalue weighted by Crippen LogP contribution is -2.16. The number of anilines is 1. The van der Waals surface area contributed by atoms with E-state index in [-0.39, 0.29) is 11.6 Å². The van der Waals surface area contributed by atoms with Crippen LogP contribution in [0.25, 0.3) is 0 Å². The molecule has 1 aliphatic rings. The summed E-state index contributed by atoms with van der Waals surface area (Å²) in [7, 11) is 0. The van der Waals surface area contributed by atoms with E-state index in [1.807, 2.05) is 13.8 Å². The van der Waals surface area contributed by atoms with Crippen LogP contribution >= 0.6 is 0 Å². The average Bonchev–Trinajstić information content (AvgIpc) is 2.99. The van der Waals surface area contributed by atoms with Gasteiger partial charge in [-0.15, -0.1) is 0 Å². The van der Waals surface area contributed by atoms with E-state index < -0.39 is 5.97 Å². The highest BCUT2D eigenvalue weighted by Crippen LogP contribution is 2.38. The van der Waals surface area contributed by atoms with Gasteiger partial charge in [0.1, 0.15) is 17.2 Å². The van der Waals surface area contributed by atoms with E-state index in [1.165, 1.54) is 6.20 Å². The third kappa shape index (κ3) is 2.29. The molecule has 0 atom stereocenters. The van der Waals surface area contributed by atoms with Gasteiger partial charge in [0.05, 0.1) is 0 Å². The molecule has 5 nitrogen and oxygen atoms in total. The molecule has 0 aliphatic heterocycles. The van der Waals surface area contributed by atoms with Gasteiger partial charge < -0.3 is 10.4 Å². The lowest BCUT2D eigenvalue weighted by molar-refractivity contribution is 0.0697. The lowest BCUT2D eigenvalue weighted by atomic mass is 10.2. The second-order valence-corrected chi connectivity index (χ2v) is 4.37. The highest BCUT2D eigenvalue weighted by Gasteiger charge is 2.28. The van der Waals surface area contributed by atoms with Gasteiger partial charge in [-0.1, -0.05) is 0 Å². The number of nitrogens with zero attached hydrogens (tertiary/aromatic N) is 2. The predicted molar refractivity (Wildman–Crippen MR) is 59.7 cm³/mol. The van der Waals surface area contributed by atoms with Crippen LogP contribution in [0.5, 0.6) is 0 Å². The molecule has 0 radical (unpaired) electrons. The molecular formula is C11H15N3O2. The molecule has 1 aliphatic carbocycles. The molecule has 0 spiro atoms. The van der Waals surface area contributed by atoms with Crippen molar-refractivity contribution in [1.29, 1.82) is 0 Å². The topological polar surface area (TPSA) is 75.1 Å². The van der Waals surface area contributed by atoms with E-state index >= 15 is 0 Å². The minimum atomic E-state index is -0.995. The van der Waals surface area contributed by atoms with Crippen LogP contribution in [0.2, 0.25) is 0 Å². The maximum atomic E-state index is 11.0. The van der Waals surface area contributed by atoms with Crippen molar-refractivity contribution in [2.75, 3.05) is 5.32 Å². The van der Waals surface area contributed by atoms with Crippen LogP contribution < -0.4 is 5.32 Å². The summed E-state index contributed by atoms with van der Waals surface area (Å²) in [4.78, 5) is 19.4. The van der Waals surface area contributed by atoms with E-state index in [4.69, 9.17) is 5.11 Å². The maximum absolute atomic E-state index is 11.0. The van der Waals surface area contributed by atoms with Crippen LogP contribution in [0.15, 0.2) is 6.20 Å². The number of aromatic nitrogens is 2. The van der Waals surface area contributed by atoms with E-state index in [1.54, 1.807) is 0 Å². The Balaban J connectivity index is 2.33. The fourth-order valence-corrected chi connectivity index (χ4v) is 1.47. The third-order valence-electron chi connectivity index (χ3n) is 2.41. The van der Waals surface area contributed by atoms with Gasteiger partial charge in [-0.2, -0.15) is 0 Å². The molecule has 16 heavy (non-hydrogen) atoms. The van der Waals surface area contributed by atoms with Gasteiger partial charge in [0.2, 0.25) is 0 Å². The molecule has 1 heterocycles. The van der Waals surface area contributed by atoms with Crippen molar-refractivity contribution in [2.45, 2.75) is 38.6 Å². The Hall–Kier alpha value is -1.65. The highest BCUT2D eigenvalue weighted by molar-refractivity contribution is 5.92. The normalized spacial score (nSPS) is 15.2. The number of carboxylic acids is 1. The summed E-state index contributed by atoms with van der Waals surface area (Å²) in [6, 6.07) is 0.153. The van der Waals surface area contributed by atoms with E-state index in [0.717, 1.165) is 18.7 Å².